The summed E-state index contributed by atoms with van der Waals surface area (Å²) in [6.45, 7) is 0.809. The van der Waals surface area contributed by atoms with E-state index in [1.807, 2.05) is 0 Å². The highest BCUT2D eigenvalue weighted by Crippen LogP contribution is 2.41. The Bertz CT molecular complexity index is 425. The van der Waals surface area contributed by atoms with E-state index >= 15 is 0 Å². The van der Waals surface area contributed by atoms with E-state index in [4.69, 9.17) is 6.42 Å². The lowest BCUT2D eigenvalue weighted by atomic mass is 10.1. The summed E-state index contributed by atoms with van der Waals surface area (Å²) in [6.07, 6.45) is 10.6. The third kappa shape index (κ3) is 1.64. The van der Waals surface area contributed by atoms with E-state index in [9.17, 15) is 0 Å². The standard InChI is InChI=1S/C15H17N/c1-2-11-16(13-8-9-13)15-10-7-12-5-3-4-6-14(12)15/h1,3-6,13,15H,7-11H2. The Balaban J connectivity index is 1.88. The molecule has 82 valence electrons. The summed E-state index contributed by atoms with van der Waals surface area (Å²) in [5.74, 6) is 2.82. The van der Waals surface area contributed by atoms with Crippen molar-refractivity contribution in [2.75, 3.05) is 6.54 Å². The molecule has 1 saturated carbocycles. The van der Waals surface area contributed by atoms with Crippen LogP contribution in [0.15, 0.2) is 24.3 Å². The lowest BCUT2D eigenvalue weighted by molar-refractivity contribution is 0.212. The van der Waals surface area contributed by atoms with Gasteiger partial charge in [-0.15, -0.1) is 6.42 Å². The highest BCUT2D eigenvalue weighted by molar-refractivity contribution is 5.34. The minimum atomic E-state index is 0.583. The first kappa shape index (κ1) is 9.93. The van der Waals surface area contributed by atoms with Crippen molar-refractivity contribution in [2.24, 2.45) is 0 Å². The Labute approximate surface area is 97.5 Å². The van der Waals surface area contributed by atoms with Crippen LogP contribution in [0.5, 0.6) is 0 Å². The molecule has 0 radical (unpaired) electrons. The topological polar surface area (TPSA) is 3.24 Å². The average Bonchev–Trinajstić information content (AvgIpc) is 3.06. The lowest BCUT2D eigenvalue weighted by Gasteiger charge is -2.27. The Morgan fingerprint density at radius 1 is 1.25 bits per heavy atom. The summed E-state index contributed by atoms with van der Waals surface area (Å²) in [5.41, 5.74) is 3.04. The van der Waals surface area contributed by atoms with Crippen LogP contribution < -0.4 is 0 Å². The molecule has 1 atom stereocenters. The Hall–Kier alpha value is -1.26. The van der Waals surface area contributed by atoms with Crippen molar-refractivity contribution >= 4 is 0 Å². The molecule has 1 nitrogen and oxygen atoms in total. The zero-order valence-corrected chi connectivity index (χ0v) is 9.52. The second-order valence-electron chi connectivity index (χ2n) is 4.86. The molecule has 0 bridgehead atoms. The molecule has 0 spiro atoms. The van der Waals surface area contributed by atoms with E-state index in [-0.39, 0.29) is 0 Å². The van der Waals surface area contributed by atoms with Crippen molar-refractivity contribution in [1.82, 2.24) is 4.90 Å². The zero-order valence-electron chi connectivity index (χ0n) is 9.52. The van der Waals surface area contributed by atoms with Crippen LogP contribution in [0.3, 0.4) is 0 Å². The third-order valence-electron chi connectivity index (χ3n) is 3.79. The van der Waals surface area contributed by atoms with Gasteiger partial charge < -0.3 is 0 Å². The van der Waals surface area contributed by atoms with Gasteiger partial charge in [0.2, 0.25) is 0 Å². The van der Waals surface area contributed by atoms with Crippen molar-refractivity contribution in [2.45, 2.75) is 37.8 Å². The number of rotatable bonds is 3. The maximum atomic E-state index is 5.49. The summed E-state index contributed by atoms with van der Waals surface area (Å²) < 4.78 is 0. The predicted octanol–water partition coefficient (Wildman–Crippen LogP) is 2.77. The number of hydrogen-bond acceptors (Lipinski definition) is 1. The fourth-order valence-corrected chi connectivity index (χ4v) is 2.88. The SMILES string of the molecule is C#CCN(C1CC1)C1CCc2ccccc21. The molecule has 1 aromatic carbocycles. The molecular weight excluding hydrogens is 194 g/mol. The molecule has 0 saturated heterocycles. The molecule has 0 amide bonds. The van der Waals surface area contributed by atoms with Gasteiger partial charge in [0, 0.05) is 12.1 Å². The Morgan fingerprint density at radius 3 is 2.81 bits per heavy atom. The molecule has 1 unspecified atom stereocenters. The van der Waals surface area contributed by atoms with Crippen LogP contribution in [-0.4, -0.2) is 17.5 Å². The highest BCUT2D eigenvalue weighted by atomic mass is 15.2. The van der Waals surface area contributed by atoms with Gasteiger partial charge in [0.25, 0.3) is 0 Å². The average molecular weight is 211 g/mol. The molecule has 1 fully saturated rings. The summed E-state index contributed by atoms with van der Waals surface area (Å²) in [5, 5.41) is 0. The third-order valence-corrected chi connectivity index (χ3v) is 3.79. The minimum absolute atomic E-state index is 0.583. The fourth-order valence-electron chi connectivity index (χ4n) is 2.88. The lowest BCUT2D eigenvalue weighted by Crippen LogP contribution is -2.30. The van der Waals surface area contributed by atoms with Crippen molar-refractivity contribution in [3.8, 4) is 12.3 Å². The van der Waals surface area contributed by atoms with Gasteiger partial charge in [-0.25, -0.2) is 0 Å². The molecule has 3 rings (SSSR count). The molecule has 0 N–H and O–H groups in total. The number of aryl methyl sites for hydroxylation is 1. The van der Waals surface area contributed by atoms with E-state index in [0.717, 1.165) is 12.6 Å². The Morgan fingerprint density at radius 2 is 2.06 bits per heavy atom. The molecule has 0 aliphatic heterocycles. The molecular formula is C15H17N. The second kappa shape index (κ2) is 3.96. The van der Waals surface area contributed by atoms with E-state index < -0.39 is 0 Å². The monoisotopic (exact) mass is 211 g/mol. The van der Waals surface area contributed by atoms with Gasteiger partial charge in [-0.05, 0) is 36.8 Å². The van der Waals surface area contributed by atoms with Crippen LogP contribution in [-0.2, 0) is 6.42 Å². The van der Waals surface area contributed by atoms with E-state index in [0.29, 0.717) is 6.04 Å². The minimum Gasteiger partial charge on any atom is -0.282 e. The quantitative estimate of drug-likeness (QED) is 0.695. The first-order valence-electron chi connectivity index (χ1n) is 6.17. The molecule has 0 aromatic heterocycles. The number of terminal acetylenes is 1. The fraction of sp³-hybridized carbons (Fsp3) is 0.467. The van der Waals surface area contributed by atoms with Crippen LogP contribution in [0.25, 0.3) is 0 Å². The molecule has 0 heterocycles. The second-order valence-corrected chi connectivity index (χ2v) is 4.86. The van der Waals surface area contributed by atoms with Gasteiger partial charge in [0.1, 0.15) is 0 Å². The molecule has 1 aromatic rings. The van der Waals surface area contributed by atoms with Crippen LogP contribution in [0, 0.1) is 12.3 Å². The highest BCUT2D eigenvalue weighted by Gasteiger charge is 2.36. The molecule has 1 heteroatoms. The van der Waals surface area contributed by atoms with Crippen molar-refractivity contribution < 1.29 is 0 Å². The largest absolute Gasteiger partial charge is 0.282 e. The first-order chi connectivity index (χ1) is 7.90. The van der Waals surface area contributed by atoms with Gasteiger partial charge in [-0.1, -0.05) is 30.2 Å². The van der Waals surface area contributed by atoms with Gasteiger partial charge in [0.05, 0.1) is 6.54 Å². The van der Waals surface area contributed by atoms with Crippen molar-refractivity contribution in [3.05, 3.63) is 35.4 Å². The molecule has 16 heavy (non-hydrogen) atoms. The Kier molecular flexibility index (Phi) is 2.46. The van der Waals surface area contributed by atoms with E-state index in [1.165, 1.54) is 36.8 Å². The summed E-state index contributed by atoms with van der Waals surface area (Å²) >= 11 is 0. The van der Waals surface area contributed by atoms with Crippen LogP contribution in [0.1, 0.15) is 36.4 Å². The molecule has 2 aliphatic carbocycles. The summed E-state index contributed by atoms with van der Waals surface area (Å²) in [6, 6.07) is 10.2. The maximum Gasteiger partial charge on any atom is 0.0606 e. The molecule has 2 aliphatic rings. The van der Waals surface area contributed by atoms with Crippen LogP contribution >= 0.6 is 0 Å². The number of nitrogens with zero attached hydrogens (tertiary/aromatic N) is 1. The summed E-state index contributed by atoms with van der Waals surface area (Å²) in [4.78, 5) is 2.53. The predicted molar refractivity (Wildman–Crippen MR) is 66.1 cm³/mol. The number of benzene rings is 1. The van der Waals surface area contributed by atoms with Crippen molar-refractivity contribution in [3.63, 3.8) is 0 Å². The van der Waals surface area contributed by atoms with Crippen LogP contribution in [0.4, 0.5) is 0 Å². The van der Waals surface area contributed by atoms with Gasteiger partial charge in [-0.2, -0.15) is 0 Å². The zero-order chi connectivity index (χ0) is 11.0. The number of hydrogen-bond donors (Lipinski definition) is 0. The normalized spacial score (nSPS) is 23.1. The van der Waals surface area contributed by atoms with E-state index in [2.05, 4.69) is 35.1 Å². The van der Waals surface area contributed by atoms with Crippen LogP contribution in [0.2, 0.25) is 0 Å². The maximum absolute atomic E-state index is 5.49. The smallest absolute Gasteiger partial charge is 0.0606 e. The first-order valence-corrected chi connectivity index (χ1v) is 6.17. The van der Waals surface area contributed by atoms with Gasteiger partial charge in [0.15, 0.2) is 0 Å². The summed E-state index contributed by atoms with van der Waals surface area (Å²) in [7, 11) is 0. The van der Waals surface area contributed by atoms with E-state index in [1.54, 1.807) is 0 Å². The number of fused-ring (bicyclic) bond motifs is 1. The van der Waals surface area contributed by atoms with Gasteiger partial charge in [-0.3, -0.25) is 4.90 Å². The van der Waals surface area contributed by atoms with Gasteiger partial charge >= 0.3 is 0 Å². The van der Waals surface area contributed by atoms with Crippen molar-refractivity contribution in [1.29, 1.82) is 0 Å².